The van der Waals surface area contributed by atoms with Crippen molar-refractivity contribution < 1.29 is 28.5 Å². The summed E-state index contributed by atoms with van der Waals surface area (Å²) in [5.74, 6) is 0.485. The molecule has 0 aromatic heterocycles. The van der Waals surface area contributed by atoms with E-state index in [0.717, 1.165) is 62.7 Å². The first-order chi connectivity index (χ1) is 18.4. The average molecular weight is 529 g/mol. The molecule has 2 aliphatic carbocycles. The molecule has 2 N–H and O–H groups in total. The molecule has 2 fully saturated rings. The fourth-order valence-corrected chi connectivity index (χ4v) is 6.67. The number of halogens is 2. The zero-order valence-electron chi connectivity index (χ0n) is 22.4. The molecule has 6 atom stereocenters. The van der Waals surface area contributed by atoms with Gasteiger partial charge in [0.25, 0.3) is 0 Å². The predicted octanol–water partition coefficient (Wildman–Crippen LogP) is 5.57. The van der Waals surface area contributed by atoms with E-state index in [2.05, 4.69) is 18.7 Å². The van der Waals surface area contributed by atoms with Gasteiger partial charge in [-0.1, -0.05) is 26.0 Å². The van der Waals surface area contributed by atoms with Crippen LogP contribution in [0.1, 0.15) is 74.0 Å². The number of aryl methyl sites for hydroxylation is 2. The molecule has 2 aromatic rings. The summed E-state index contributed by atoms with van der Waals surface area (Å²) in [5.41, 5.74) is 4.38. The normalized spacial score (nSPS) is 30.7. The molecule has 4 aliphatic rings. The van der Waals surface area contributed by atoms with Gasteiger partial charge in [0.2, 0.25) is 6.36 Å². The first-order valence-corrected chi connectivity index (χ1v) is 14.1. The summed E-state index contributed by atoms with van der Waals surface area (Å²) in [6.07, 6.45) is 3.18. The predicted molar refractivity (Wildman–Crippen MR) is 142 cm³/mol. The van der Waals surface area contributed by atoms with Crippen molar-refractivity contribution in [3.63, 3.8) is 0 Å². The number of aromatic hydroxyl groups is 2. The highest BCUT2D eigenvalue weighted by atomic mass is 18.2. The van der Waals surface area contributed by atoms with E-state index in [1.54, 1.807) is 24.3 Å². The smallest absolute Gasteiger partial charge is 0.212 e. The van der Waals surface area contributed by atoms with Crippen molar-refractivity contribution in [2.45, 2.75) is 89.3 Å². The Labute approximate surface area is 224 Å². The van der Waals surface area contributed by atoms with Crippen LogP contribution in [-0.4, -0.2) is 71.0 Å². The number of alkyl halides is 2. The number of morpholine rings is 2. The van der Waals surface area contributed by atoms with Crippen molar-refractivity contribution >= 4 is 0 Å². The highest BCUT2D eigenvalue weighted by Gasteiger charge is 2.42. The number of phenols is 2. The second-order valence-electron chi connectivity index (χ2n) is 10.9. The van der Waals surface area contributed by atoms with E-state index < -0.39 is 12.7 Å². The monoisotopic (exact) mass is 528 g/mol. The van der Waals surface area contributed by atoms with E-state index in [4.69, 9.17) is 9.47 Å². The van der Waals surface area contributed by atoms with Crippen LogP contribution in [0.2, 0.25) is 0 Å². The van der Waals surface area contributed by atoms with Crippen molar-refractivity contribution in [2.75, 3.05) is 26.2 Å². The summed E-state index contributed by atoms with van der Waals surface area (Å²) in [5, 5.41) is 19.3. The molecule has 38 heavy (non-hydrogen) atoms. The number of hydrogen-bond donors (Lipinski definition) is 2. The number of nitrogens with zero attached hydrogens (tertiary/aromatic N) is 2. The van der Waals surface area contributed by atoms with Crippen molar-refractivity contribution in [1.82, 2.24) is 9.80 Å². The highest BCUT2D eigenvalue weighted by Crippen LogP contribution is 2.42. The molecule has 0 spiro atoms. The molecule has 2 saturated heterocycles. The summed E-state index contributed by atoms with van der Waals surface area (Å²) >= 11 is 0. The van der Waals surface area contributed by atoms with Crippen molar-refractivity contribution in [2.24, 2.45) is 0 Å². The fraction of sp³-hybridized carbons (Fsp3) is 0.600. The zero-order valence-corrected chi connectivity index (χ0v) is 22.4. The lowest BCUT2D eigenvalue weighted by Gasteiger charge is -2.46. The summed E-state index contributed by atoms with van der Waals surface area (Å²) in [6, 6.07) is 11.1. The summed E-state index contributed by atoms with van der Waals surface area (Å²) in [4.78, 5) is 4.13. The Morgan fingerprint density at radius 2 is 1.45 bits per heavy atom. The van der Waals surface area contributed by atoms with Gasteiger partial charge in [0, 0.05) is 18.6 Å². The van der Waals surface area contributed by atoms with Gasteiger partial charge in [-0.25, -0.2) is 8.78 Å². The van der Waals surface area contributed by atoms with Crippen molar-refractivity contribution in [3.05, 3.63) is 58.7 Å². The Hall–Kier alpha value is -2.26. The molecule has 0 amide bonds. The van der Waals surface area contributed by atoms with Gasteiger partial charge in [-0.3, -0.25) is 9.80 Å². The standard InChI is InChI=1S/2C15H20FNO2/c1-2-7-17-13-6-4-10-3-5-11(18)8-12(10)15(13)19-9-14(17)16;1-2-7-17-9-14(16)19-15-12-8-11(18)5-3-10(12)4-6-13(15)17/h2*3,5,8,13-15,18H,2,4,6-7,9H2,1H3/t2*13-,14?,15-/m11/s1/i2*16-1. The second-order valence-corrected chi connectivity index (χ2v) is 10.9. The second kappa shape index (κ2) is 11.9. The van der Waals surface area contributed by atoms with E-state index in [1.165, 1.54) is 11.1 Å². The van der Waals surface area contributed by atoms with Gasteiger partial charge >= 0.3 is 0 Å². The molecule has 2 unspecified atom stereocenters. The Balaban J connectivity index is 0.000000155. The molecule has 6 nitrogen and oxygen atoms in total. The van der Waals surface area contributed by atoms with E-state index in [9.17, 15) is 19.0 Å². The summed E-state index contributed by atoms with van der Waals surface area (Å²) in [6.45, 7) is 6.33. The molecule has 6 rings (SSSR count). The molecule has 208 valence electrons. The number of benzene rings is 2. The van der Waals surface area contributed by atoms with E-state index >= 15 is 0 Å². The highest BCUT2D eigenvalue weighted by molar-refractivity contribution is 5.40. The van der Waals surface area contributed by atoms with Gasteiger partial charge in [-0.15, -0.1) is 0 Å². The van der Waals surface area contributed by atoms with Crippen molar-refractivity contribution in [3.8, 4) is 11.5 Å². The molecule has 0 bridgehead atoms. The minimum absolute atomic E-state index is 0.0954. The van der Waals surface area contributed by atoms with Crippen LogP contribution in [0.5, 0.6) is 11.5 Å². The number of phenolic OH excluding ortho intramolecular Hbond substituents is 2. The maximum Gasteiger partial charge on any atom is 0.212 e. The van der Waals surface area contributed by atoms with Crippen molar-refractivity contribution in [1.29, 1.82) is 0 Å². The fourth-order valence-electron chi connectivity index (χ4n) is 6.67. The van der Waals surface area contributed by atoms with Crippen LogP contribution in [0, 0.1) is 0 Å². The number of fused-ring (bicyclic) bond motifs is 6. The summed E-state index contributed by atoms with van der Waals surface area (Å²) in [7, 11) is 0. The molecule has 2 heterocycles. The first-order valence-electron chi connectivity index (χ1n) is 14.1. The largest absolute Gasteiger partial charge is 0.508 e. The van der Waals surface area contributed by atoms with Gasteiger partial charge in [0.1, 0.15) is 17.6 Å². The van der Waals surface area contributed by atoms with Gasteiger partial charge in [-0.05, 0) is 91.6 Å². The maximum atomic E-state index is 14.0. The number of hydrogen-bond acceptors (Lipinski definition) is 6. The summed E-state index contributed by atoms with van der Waals surface area (Å²) < 4.78 is 39.1. The Bertz CT molecular complexity index is 1100. The maximum absolute atomic E-state index is 14.0. The minimum Gasteiger partial charge on any atom is -0.508 e. The lowest BCUT2D eigenvalue weighted by molar-refractivity contribution is -0.177. The van der Waals surface area contributed by atoms with Crippen LogP contribution in [0.3, 0.4) is 0 Å². The van der Waals surface area contributed by atoms with E-state index in [0.29, 0.717) is 6.54 Å². The SMILES string of the molecule is CCCN1C([18F])CO[C@@H]2c3cc(O)ccc3CC[C@H]21.CCCN1CC([18F])O[C@@H]2c3cc(O)ccc3CC[C@H]21. The van der Waals surface area contributed by atoms with Gasteiger partial charge in [-0.2, -0.15) is 0 Å². The Morgan fingerprint density at radius 3 is 2.08 bits per heavy atom. The third kappa shape index (κ3) is 5.55. The Morgan fingerprint density at radius 1 is 0.842 bits per heavy atom. The topological polar surface area (TPSA) is 65.4 Å². The van der Waals surface area contributed by atoms with E-state index in [-0.39, 0.29) is 42.4 Å². The molecule has 0 radical (unpaired) electrons. The van der Waals surface area contributed by atoms with Crippen LogP contribution in [-0.2, 0) is 22.3 Å². The van der Waals surface area contributed by atoms with Gasteiger partial charge < -0.3 is 19.7 Å². The zero-order chi connectivity index (χ0) is 26.8. The number of ether oxygens (including phenoxy) is 2. The van der Waals surface area contributed by atoms with Crippen LogP contribution < -0.4 is 0 Å². The molecular formula is C30H40F2N2O4. The van der Waals surface area contributed by atoms with Crippen LogP contribution in [0.25, 0.3) is 0 Å². The quantitative estimate of drug-likeness (QED) is 0.506. The van der Waals surface area contributed by atoms with Crippen LogP contribution >= 0.6 is 0 Å². The molecule has 8 heteroatoms. The van der Waals surface area contributed by atoms with E-state index in [1.807, 2.05) is 17.0 Å². The molecular weight excluding hydrogens is 488 g/mol. The Kier molecular flexibility index (Phi) is 8.53. The van der Waals surface area contributed by atoms with Crippen LogP contribution in [0.4, 0.5) is 8.78 Å². The van der Waals surface area contributed by atoms with Gasteiger partial charge in [0.15, 0.2) is 6.30 Å². The third-order valence-electron chi connectivity index (χ3n) is 8.32. The molecule has 2 aromatic carbocycles. The van der Waals surface area contributed by atoms with Gasteiger partial charge in [0.05, 0.1) is 19.3 Å². The number of rotatable bonds is 4. The molecule has 2 aliphatic heterocycles. The lowest BCUT2D eigenvalue weighted by atomic mass is 9.84. The average Bonchev–Trinajstić information content (AvgIpc) is 2.90. The van der Waals surface area contributed by atoms with Crippen LogP contribution in [0.15, 0.2) is 36.4 Å². The third-order valence-corrected chi connectivity index (χ3v) is 8.32. The minimum atomic E-state index is -1.24. The lowest BCUT2D eigenvalue weighted by Crippen LogP contribution is -2.53. The first kappa shape index (κ1) is 27.3. The molecule has 0 saturated carbocycles.